The van der Waals surface area contributed by atoms with Gasteiger partial charge in [-0.3, -0.25) is 4.79 Å². The van der Waals surface area contributed by atoms with E-state index < -0.39 is 0 Å². The molecule has 1 amide bonds. The minimum Gasteiger partial charge on any atom is -0.393 e. The van der Waals surface area contributed by atoms with Crippen LogP contribution in [0.4, 0.5) is 0 Å². The van der Waals surface area contributed by atoms with Gasteiger partial charge < -0.3 is 10.4 Å². The molecule has 0 bridgehead atoms. The van der Waals surface area contributed by atoms with Gasteiger partial charge in [-0.05, 0) is 12.8 Å². The molecule has 1 aliphatic carbocycles. The maximum absolute atomic E-state index is 11.0. The number of hydrogen-bond donors (Lipinski definition) is 2. The van der Waals surface area contributed by atoms with Gasteiger partial charge in [0.1, 0.15) is 0 Å². The average molecular weight is 167 g/mol. The summed E-state index contributed by atoms with van der Waals surface area (Å²) in [5.41, 5.74) is 0. The van der Waals surface area contributed by atoms with Crippen molar-refractivity contribution in [1.29, 1.82) is 0 Å². The van der Waals surface area contributed by atoms with Gasteiger partial charge in [0.15, 0.2) is 0 Å². The molecule has 0 unspecified atom stereocenters. The van der Waals surface area contributed by atoms with Crippen LogP contribution in [-0.4, -0.2) is 23.2 Å². The fourth-order valence-electron chi connectivity index (χ4n) is 1.19. The van der Waals surface area contributed by atoms with Gasteiger partial charge >= 0.3 is 0 Å². The largest absolute Gasteiger partial charge is 0.393 e. The summed E-state index contributed by atoms with van der Waals surface area (Å²) in [6, 6.07) is 0.172. The minimum atomic E-state index is -0.220. The molecule has 3 nitrogen and oxygen atoms in total. The smallest absolute Gasteiger partial charge is 0.221 e. The van der Waals surface area contributed by atoms with E-state index in [0.717, 1.165) is 0 Å². The third-order valence-electron chi connectivity index (χ3n) is 1.97. The van der Waals surface area contributed by atoms with E-state index >= 15 is 0 Å². The Labute approximate surface area is 72.2 Å². The predicted molar refractivity (Wildman–Crippen MR) is 45.2 cm³/mol. The summed E-state index contributed by atoms with van der Waals surface area (Å²) < 4.78 is 0. The third-order valence-corrected chi connectivity index (χ3v) is 1.97. The van der Waals surface area contributed by atoms with Crippen LogP contribution >= 0.6 is 0 Å². The molecule has 0 aromatic carbocycles. The van der Waals surface area contributed by atoms with Crippen LogP contribution in [0.5, 0.6) is 0 Å². The molecule has 2 N–H and O–H groups in total. The second kappa shape index (κ2) is 4.13. The lowest BCUT2D eigenvalue weighted by Crippen LogP contribution is -2.46. The van der Waals surface area contributed by atoms with Gasteiger partial charge in [0.05, 0.1) is 6.10 Å². The van der Waals surface area contributed by atoms with Crippen molar-refractivity contribution in [2.75, 3.05) is 0 Å². The Morgan fingerprint density at radius 1 is 1.67 bits per heavy atom. The first kappa shape index (κ1) is 9.08. The van der Waals surface area contributed by atoms with E-state index in [1.807, 2.05) is 0 Å². The molecule has 0 aromatic heterocycles. The summed E-state index contributed by atoms with van der Waals surface area (Å²) in [7, 11) is 0. The lowest BCUT2D eigenvalue weighted by atomic mass is 9.89. The van der Waals surface area contributed by atoms with Crippen molar-refractivity contribution in [2.24, 2.45) is 0 Å². The summed E-state index contributed by atoms with van der Waals surface area (Å²) >= 11 is 0. The molecule has 1 rings (SSSR count). The van der Waals surface area contributed by atoms with Gasteiger partial charge in [-0.1, -0.05) is 0 Å². The third kappa shape index (κ3) is 2.55. The molecule has 0 aliphatic heterocycles. The summed E-state index contributed by atoms with van der Waals surface area (Å²) in [5.74, 6) is 2.40. The highest BCUT2D eigenvalue weighted by Gasteiger charge is 2.27. The molecule has 66 valence electrons. The summed E-state index contributed by atoms with van der Waals surface area (Å²) in [4.78, 5) is 11.0. The van der Waals surface area contributed by atoms with Gasteiger partial charge in [-0.25, -0.2) is 0 Å². The number of aliphatic hydroxyl groups is 1. The highest BCUT2D eigenvalue weighted by Crippen LogP contribution is 2.19. The Bertz CT molecular complexity index is 201. The van der Waals surface area contributed by atoms with E-state index in [9.17, 15) is 4.79 Å². The molecule has 1 saturated carbocycles. The van der Waals surface area contributed by atoms with Crippen LogP contribution in [0.2, 0.25) is 0 Å². The lowest BCUT2D eigenvalue weighted by Gasteiger charge is -2.31. The van der Waals surface area contributed by atoms with Crippen molar-refractivity contribution < 1.29 is 9.90 Å². The highest BCUT2D eigenvalue weighted by molar-refractivity contribution is 5.76. The summed E-state index contributed by atoms with van der Waals surface area (Å²) in [5, 5.41) is 11.7. The zero-order chi connectivity index (χ0) is 8.97. The molecule has 1 fully saturated rings. The molecule has 3 heteroatoms. The monoisotopic (exact) mass is 167 g/mol. The minimum absolute atomic E-state index is 0.00940. The Morgan fingerprint density at radius 2 is 2.33 bits per heavy atom. The van der Waals surface area contributed by atoms with E-state index in [0.29, 0.717) is 25.7 Å². The Kier molecular flexibility index (Phi) is 3.12. The Morgan fingerprint density at radius 3 is 2.83 bits per heavy atom. The van der Waals surface area contributed by atoms with Crippen LogP contribution in [0.1, 0.15) is 25.7 Å². The van der Waals surface area contributed by atoms with E-state index in [2.05, 4.69) is 11.2 Å². The molecule has 0 radical (unpaired) electrons. The molecule has 1 aliphatic rings. The van der Waals surface area contributed by atoms with Crippen molar-refractivity contribution in [2.45, 2.75) is 37.8 Å². The van der Waals surface area contributed by atoms with Crippen molar-refractivity contribution >= 4 is 5.91 Å². The van der Waals surface area contributed by atoms with Crippen LogP contribution in [0.3, 0.4) is 0 Å². The number of carbonyl (C=O) groups is 1. The first-order valence-electron chi connectivity index (χ1n) is 4.13. The standard InChI is InChI=1S/C9H13NO2/c1-2-3-4-9(12)10-7-5-8(11)6-7/h1,7-8,11H,3-6H2,(H,10,12). The van der Waals surface area contributed by atoms with Gasteiger partial charge in [-0.2, -0.15) is 0 Å². The fraction of sp³-hybridized carbons (Fsp3) is 0.667. The number of hydrogen-bond acceptors (Lipinski definition) is 2. The van der Waals surface area contributed by atoms with E-state index in [4.69, 9.17) is 11.5 Å². The maximum atomic E-state index is 11.0. The molecule has 0 aromatic rings. The number of amides is 1. The molecular formula is C9H13NO2. The van der Waals surface area contributed by atoms with Crippen molar-refractivity contribution in [3.63, 3.8) is 0 Å². The quantitative estimate of drug-likeness (QED) is 0.583. The molecular weight excluding hydrogens is 154 g/mol. The van der Waals surface area contributed by atoms with Gasteiger partial charge in [0.2, 0.25) is 5.91 Å². The SMILES string of the molecule is C#CCCC(=O)NC1CC(O)C1. The summed E-state index contributed by atoms with van der Waals surface area (Å²) in [6.45, 7) is 0. The first-order chi connectivity index (χ1) is 5.72. The number of aliphatic hydroxyl groups excluding tert-OH is 1. The van der Waals surface area contributed by atoms with Gasteiger partial charge in [0.25, 0.3) is 0 Å². The Balaban J connectivity index is 2.07. The fourth-order valence-corrected chi connectivity index (χ4v) is 1.19. The maximum Gasteiger partial charge on any atom is 0.221 e. The van der Waals surface area contributed by atoms with Gasteiger partial charge in [0, 0.05) is 18.9 Å². The Hall–Kier alpha value is -1.01. The lowest BCUT2D eigenvalue weighted by molar-refractivity contribution is -0.123. The zero-order valence-electron chi connectivity index (χ0n) is 6.92. The number of carbonyl (C=O) groups excluding carboxylic acids is 1. The van der Waals surface area contributed by atoms with Crippen molar-refractivity contribution in [3.8, 4) is 12.3 Å². The molecule has 0 saturated heterocycles. The normalized spacial score (nSPS) is 27.0. The zero-order valence-corrected chi connectivity index (χ0v) is 6.92. The van der Waals surface area contributed by atoms with E-state index in [-0.39, 0.29) is 18.1 Å². The summed E-state index contributed by atoms with van der Waals surface area (Å²) in [6.07, 6.45) is 7.03. The molecule has 0 heterocycles. The van der Waals surface area contributed by atoms with Gasteiger partial charge in [-0.15, -0.1) is 12.3 Å². The molecule has 0 atom stereocenters. The van der Waals surface area contributed by atoms with E-state index in [1.54, 1.807) is 0 Å². The van der Waals surface area contributed by atoms with Crippen LogP contribution in [0.25, 0.3) is 0 Å². The molecule has 0 spiro atoms. The number of rotatable bonds is 3. The van der Waals surface area contributed by atoms with Crippen LogP contribution in [0.15, 0.2) is 0 Å². The van der Waals surface area contributed by atoms with Crippen LogP contribution < -0.4 is 5.32 Å². The molecule has 12 heavy (non-hydrogen) atoms. The second-order valence-electron chi connectivity index (χ2n) is 3.09. The van der Waals surface area contributed by atoms with E-state index in [1.165, 1.54) is 0 Å². The van der Waals surface area contributed by atoms with Crippen LogP contribution in [0, 0.1) is 12.3 Å². The topological polar surface area (TPSA) is 49.3 Å². The number of nitrogens with one attached hydrogen (secondary N) is 1. The first-order valence-corrected chi connectivity index (χ1v) is 4.13. The van der Waals surface area contributed by atoms with Crippen molar-refractivity contribution in [3.05, 3.63) is 0 Å². The number of terminal acetylenes is 1. The van der Waals surface area contributed by atoms with Crippen molar-refractivity contribution in [1.82, 2.24) is 5.32 Å². The average Bonchev–Trinajstić information content (AvgIpc) is 1.98. The second-order valence-corrected chi connectivity index (χ2v) is 3.09. The highest BCUT2D eigenvalue weighted by atomic mass is 16.3. The van der Waals surface area contributed by atoms with Crippen LogP contribution in [-0.2, 0) is 4.79 Å². The predicted octanol–water partition coefficient (Wildman–Crippen LogP) is 0.0393.